The third-order valence-electron chi connectivity index (χ3n) is 1.93. The molecule has 0 aliphatic rings. The number of hydrogen-bond donors (Lipinski definition) is 0. The van der Waals surface area contributed by atoms with Gasteiger partial charge in [0.05, 0.1) is 0 Å². The maximum atomic E-state index is 13.2. The molecule has 0 atom stereocenters. The summed E-state index contributed by atoms with van der Waals surface area (Å²) in [5.41, 5.74) is 0.470. The third-order valence-corrected chi connectivity index (χ3v) is 2.12. The zero-order valence-corrected chi connectivity index (χ0v) is 8.99. The van der Waals surface area contributed by atoms with E-state index in [0.29, 0.717) is 11.4 Å². The van der Waals surface area contributed by atoms with E-state index in [1.54, 1.807) is 24.3 Å². The van der Waals surface area contributed by atoms with E-state index in [0.717, 1.165) is 0 Å². The predicted molar refractivity (Wildman–Crippen MR) is 57.8 cm³/mol. The smallest absolute Gasteiger partial charge is 0.225 e. The van der Waals surface area contributed by atoms with Crippen LogP contribution in [0.25, 0.3) is 0 Å². The first-order valence-electron chi connectivity index (χ1n) is 4.60. The second-order valence-corrected chi connectivity index (χ2v) is 3.38. The van der Waals surface area contributed by atoms with Gasteiger partial charge in [-0.2, -0.15) is 4.98 Å². The molecule has 0 aliphatic heterocycles. The SMILES string of the molecule is Fc1ccccc1COc1ccnc(Cl)n1. The molecule has 0 unspecified atom stereocenters. The van der Waals surface area contributed by atoms with Gasteiger partial charge >= 0.3 is 0 Å². The van der Waals surface area contributed by atoms with Crippen molar-refractivity contribution in [2.75, 3.05) is 0 Å². The van der Waals surface area contributed by atoms with Gasteiger partial charge in [0, 0.05) is 17.8 Å². The van der Waals surface area contributed by atoms with Crippen LogP contribution in [0.2, 0.25) is 5.28 Å². The molecule has 1 aromatic heterocycles. The van der Waals surface area contributed by atoms with Gasteiger partial charge in [0.1, 0.15) is 12.4 Å². The Bertz CT molecular complexity index is 493. The molecule has 2 aromatic rings. The van der Waals surface area contributed by atoms with Crippen molar-refractivity contribution in [3.05, 3.63) is 53.2 Å². The van der Waals surface area contributed by atoms with Gasteiger partial charge in [0.2, 0.25) is 11.2 Å². The lowest BCUT2D eigenvalue weighted by Gasteiger charge is -2.05. The number of nitrogens with zero attached hydrogens (tertiary/aromatic N) is 2. The summed E-state index contributed by atoms with van der Waals surface area (Å²) in [7, 11) is 0. The molecule has 0 N–H and O–H groups in total. The fraction of sp³-hybridized carbons (Fsp3) is 0.0909. The Morgan fingerprint density at radius 1 is 1.25 bits per heavy atom. The summed E-state index contributed by atoms with van der Waals surface area (Å²) in [5.74, 6) is 0.0194. The van der Waals surface area contributed by atoms with E-state index in [-0.39, 0.29) is 17.7 Å². The first kappa shape index (κ1) is 10.8. The number of ether oxygens (including phenoxy) is 1. The van der Waals surface area contributed by atoms with E-state index in [4.69, 9.17) is 16.3 Å². The van der Waals surface area contributed by atoms with E-state index in [9.17, 15) is 4.39 Å². The van der Waals surface area contributed by atoms with E-state index in [1.807, 2.05) is 0 Å². The standard InChI is InChI=1S/C11H8ClFN2O/c12-11-14-6-5-10(15-11)16-7-8-3-1-2-4-9(8)13/h1-6H,7H2. The van der Waals surface area contributed by atoms with Crippen LogP contribution < -0.4 is 4.74 Å². The molecular formula is C11H8ClFN2O. The Hall–Kier alpha value is -1.68. The molecule has 0 amide bonds. The molecule has 1 aromatic carbocycles. The molecule has 3 nitrogen and oxygen atoms in total. The van der Waals surface area contributed by atoms with Crippen LogP contribution in [0.5, 0.6) is 5.88 Å². The summed E-state index contributed by atoms with van der Waals surface area (Å²) >= 11 is 5.58. The van der Waals surface area contributed by atoms with Crippen molar-refractivity contribution >= 4 is 11.6 Å². The van der Waals surface area contributed by atoms with Crippen LogP contribution in [-0.4, -0.2) is 9.97 Å². The van der Waals surface area contributed by atoms with Crippen LogP contribution in [0.3, 0.4) is 0 Å². The summed E-state index contributed by atoms with van der Waals surface area (Å²) in [6.45, 7) is 0.111. The van der Waals surface area contributed by atoms with Gasteiger partial charge in [0.25, 0.3) is 0 Å². The number of hydrogen-bond acceptors (Lipinski definition) is 3. The van der Waals surface area contributed by atoms with Crippen molar-refractivity contribution in [1.29, 1.82) is 0 Å². The molecule has 5 heteroatoms. The maximum absolute atomic E-state index is 13.2. The summed E-state index contributed by atoms with van der Waals surface area (Å²) in [5, 5.41) is 0.103. The lowest BCUT2D eigenvalue weighted by molar-refractivity contribution is 0.287. The fourth-order valence-corrected chi connectivity index (χ4v) is 1.31. The first-order chi connectivity index (χ1) is 7.75. The van der Waals surface area contributed by atoms with Crippen molar-refractivity contribution in [3.63, 3.8) is 0 Å². The van der Waals surface area contributed by atoms with Crippen LogP contribution in [0.4, 0.5) is 4.39 Å². The van der Waals surface area contributed by atoms with E-state index in [2.05, 4.69) is 9.97 Å². The summed E-state index contributed by atoms with van der Waals surface area (Å²) in [6, 6.07) is 7.96. The van der Waals surface area contributed by atoms with Crippen molar-refractivity contribution in [3.8, 4) is 5.88 Å². The molecule has 0 radical (unpaired) electrons. The predicted octanol–water partition coefficient (Wildman–Crippen LogP) is 2.85. The average Bonchev–Trinajstić information content (AvgIpc) is 2.28. The lowest BCUT2D eigenvalue weighted by atomic mass is 10.2. The third kappa shape index (κ3) is 2.67. The second-order valence-electron chi connectivity index (χ2n) is 3.04. The molecule has 0 fully saturated rings. The summed E-state index contributed by atoms with van der Waals surface area (Å²) in [4.78, 5) is 7.54. The number of aromatic nitrogens is 2. The zero-order chi connectivity index (χ0) is 11.4. The van der Waals surface area contributed by atoms with Crippen molar-refractivity contribution in [2.24, 2.45) is 0 Å². The van der Waals surface area contributed by atoms with E-state index >= 15 is 0 Å². The Labute approximate surface area is 96.9 Å². The highest BCUT2D eigenvalue weighted by Crippen LogP contribution is 2.12. The Kier molecular flexibility index (Phi) is 3.31. The molecule has 0 aliphatic carbocycles. The molecule has 2 rings (SSSR count). The normalized spacial score (nSPS) is 10.1. The number of halogens is 2. The zero-order valence-electron chi connectivity index (χ0n) is 8.23. The molecule has 0 bridgehead atoms. The second kappa shape index (κ2) is 4.90. The minimum absolute atomic E-state index is 0.103. The lowest BCUT2D eigenvalue weighted by Crippen LogP contribution is -1.99. The van der Waals surface area contributed by atoms with Crippen molar-refractivity contribution in [2.45, 2.75) is 6.61 Å². The minimum atomic E-state index is -0.303. The van der Waals surface area contributed by atoms with Crippen LogP contribution in [0, 0.1) is 5.82 Å². The number of benzene rings is 1. The van der Waals surface area contributed by atoms with E-state index in [1.165, 1.54) is 12.3 Å². The number of rotatable bonds is 3. The van der Waals surface area contributed by atoms with Crippen LogP contribution in [-0.2, 0) is 6.61 Å². The molecule has 82 valence electrons. The van der Waals surface area contributed by atoms with Crippen molar-refractivity contribution < 1.29 is 9.13 Å². The van der Waals surface area contributed by atoms with Gasteiger partial charge in [0.15, 0.2) is 0 Å². The average molecular weight is 239 g/mol. The molecule has 1 heterocycles. The quantitative estimate of drug-likeness (QED) is 0.772. The van der Waals surface area contributed by atoms with E-state index < -0.39 is 0 Å². The molecule has 0 saturated heterocycles. The molecule has 0 spiro atoms. The van der Waals surface area contributed by atoms with Gasteiger partial charge in [-0.3, -0.25) is 0 Å². The van der Waals surface area contributed by atoms with Gasteiger partial charge in [-0.05, 0) is 17.7 Å². The molecule has 16 heavy (non-hydrogen) atoms. The van der Waals surface area contributed by atoms with Gasteiger partial charge in [-0.1, -0.05) is 18.2 Å². The topological polar surface area (TPSA) is 35.0 Å². The Morgan fingerprint density at radius 3 is 2.81 bits per heavy atom. The van der Waals surface area contributed by atoms with Crippen molar-refractivity contribution in [1.82, 2.24) is 9.97 Å². The highest BCUT2D eigenvalue weighted by Gasteiger charge is 2.02. The largest absolute Gasteiger partial charge is 0.473 e. The van der Waals surface area contributed by atoms with Crippen LogP contribution in [0.15, 0.2) is 36.5 Å². The first-order valence-corrected chi connectivity index (χ1v) is 4.98. The maximum Gasteiger partial charge on any atom is 0.225 e. The summed E-state index contributed by atoms with van der Waals surface area (Å²) < 4.78 is 18.5. The van der Waals surface area contributed by atoms with Crippen LogP contribution in [0.1, 0.15) is 5.56 Å². The highest BCUT2D eigenvalue weighted by atomic mass is 35.5. The van der Waals surface area contributed by atoms with Gasteiger partial charge < -0.3 is 4.74 Å². The van der Waals surface area contributed by atoms with Crippen LogP contribution >= 0.6 is 11.6 Å². The highest BCUT2D eigenvalue weighted by molar-refractivity contribution is 6.28. The fourth-order valence-electron chi connectivity index (χ4n) is 1.17. The molecular weight excluding hydrogens is 231 g/mol. The summed E-state index contributed by atoms with van der Waals surface area (Å²) in [6.07, 6.45) is 1.48. The Morgan fingerprint density at radius 2 is 2.06 bits per heavy atom. The Balaban J connectivity index is 2.05. The van der Waals surface area contributed by atoms with Gasteiger partial charge in [-0.25, -0.2) is 9.37 Å². The van der Waals surface area contributed by atoms with Gasteiger partial charge in [-0.15, -0.1) is 0 Å². The monoisotopic (exact) mass is 238 g/mol. The molecule has 0 saturated carbocycles. The minimum Gasteiger partial charge on any atom is -0.473 e.